The largest absolute Gasteiger partial charge is 0.508 e. The van der Waals surface area contributed by atoms with E-state index in [9.17, 15) is 15.0 Å². The number of benzene rings is 1. The van der Waals surface area contributed by atoms with Crippen molar-refractivity contribution in [1.82, 2.24) is 4.90 Å². The van der Waals surface area contributed by atoms with Gasteiger partial charge in [0, 0.05) is 24.1 Å². The lowest BCUT2D eigenvalue weighted by Crippen LogP contribution is -2.50. The molecule has 1 heterocycles. The third-order valence-corrected chi connectivity index (χ3v) is 3.55. The first kappa shape index (κ1) is 12.9. The predicted octanol–water partition coefficient (Wildman–Crippen LogP) is 1.63. The Bertz CT molecular complexity index is 456. The maximum absolute atomic E-state index is 12.3. The number of hydrogen-bond donors (Lipinski definition) is 2. The molecule has 1 aliphatic rings. The zero-order chi connectivity index (χ0) is 13.3. The van der Waals surface area contributed by atoms with E-state index in [0.717, 1.165) is 0 Å². The van der Waals surface area contributed by atoms with Crippen molar-refractivity contribution >= 4 is 5.91 Å². The lowest BCUT2D eigenvalue weighted by atomic mass is 9.81. The Kier molecular flexibility index (Phi) is 3.30. The average molecular weight is 249 g/mol. The van der Waals surface area contributed by atoms with Crippen LogP contribution in [0.2, 0.25) is 0 Å². The molecular weight excluding hydrogens is 230 g/mol. The molecule has 4 heteroatoms. The highest BCUT2D eigenvalue weighted by molar-refractivity contribution is 5.94. The normalized spacial score (nSPS) is 22.8. The molecule has 0 bridgehead atoms. The molecule has 1 aliphatic heterocycles. The summed E-state index contributed by atoms with van der Waals surface area (Å²) in [5, 5.41) is 19.3. The summed E-state index contributed by atoms with van der Waals surface area (Å²) in [6, 6.07) is 6.37. The number of amides is 1. The topological polar surface area (TPSA) is 60.8 Å². The lowest BCUT2D eigenvalue weighted by Gasteiger charge is -2.41. The molecule has 1 amide bonds. The molecule has 0 radical (unpaired) electrons. The third kappa shape index (κ3) is 2.48. The number of aliphatic hydroxyl groups excluding tert-OH is 1. The highest BCUT2D eigenvalue weighted by Gasteiger charge is 2.36. The van der Waals surface area contributed by atoms with E-state index < -0.39 is 0 Å². The highest BCUT2D eigenvalue weighted by Crippen LogP contribution is 2.30. The van der Waals surface area contributed by atoms with Crippen LogP contribution >= 0.6 is 0 Å². The SMILES string of the molecule is CC1(C)CN(C(=O)c2cccc(O)c2)CCC1O. The molecule has 1 unspecified atom stereocenters. The number of likely N-dealkylation sites (tertiary alicyclic amines) is 1. The van der Waals surface area contributed by atoms with Gasteiger partial charge < -0.3 is 15.1 Å². The van der Waals surface area contributed by atoms with Crippen LogP contribution in [0, 0.1) is 5.41 Å². The minimum Gasteiger partial charge on any atom is -0.508 e. The van der Waals surface area contributed by atoms with Gasteiger partial charge in [-0.25, -0.2) is 0 Å². The fourth-order valence-corrected chi connectivity index (χ4v) is 2.34. The van der Waals surface area contributed by atoms with E-state index in [-0.39, 0.29) is 23.2 Å². The Hall–Kier alpha value is -1.55. The molecule has 1 fully saturated rings. The van der Waals surface area contributed by atoms with Gasteiger partial charge >= 0.3 is 0 Å². The molecule has 1 atom stereocenters. The van der Waals surface area contributed by atoms with Gasteiger partial charge in [0.25, 0.3) is 5.91 Å². The van der Waals surface area contributed by atoms with Gasteiger partial charge in [-0.2, -0.15) is 0 Å². The van der Waals surface area contributed by atoms with Crippen molar-refractivity contribution in [1.29, 1.82) is 0 Å². The summed E-state index contributed by atoms with van der Waals surface area (Å²) in [5.74, 6) is 0.00280. The Labute approximate surface area is 107 Å². The van der Waals surface area contributed by atoms with Gasteiger partial charge in [0.2, 0.25) is 0 Å². The van der Waals surface area contributed by atoms with Crippen molar-refractivity contribution in [3.8, 4) is 5.75 Å². The van der Waals surface area contributed by atoms with Crippen LogP contribution < -0.4 is 0 Å². The summed E-state index contributed by atoms with van der Waals surface area (Å²) in [4.78, 5) is 14.0. The minimum absolute atomic E-state index is 0.0918. The molecule has 0 saturated carbocycles. The summed E-state index contributed by atoms with van der Waals surface area (Å²) in [5.41, 5.74) is 0.201. The van der Waals surface area contributed by atoms with E-state index in [1.54, 1.807) is 23.1 Å². The lowest BCUT2D eigenvalue weighted by molar-refractivity contribution is -0.0182. The Morgan fingerprint density at radius 3 is 2.78 bits per heavy atom. The monoisotopic (exact) mass is 249 g/mol. The number of phenols is 1. The van der Waals surface area contributed by atoms with Crippen molar-refractivity contribution in [3.63, 3.8) is 0 Å². The fraction of sp³-hybridized carbons (Fsp3) is 0.500. The van der Waals surface area contributed by atoms with E-state index >= 15 is 0 Å². The van der Waals surface area contributed by atoms with Crippen LogP contribution in [0.4, 0.5) is 0 Å². The maximum atomic E-state index is 12.3. The first-order valence-electron chi connectivity index (χ1n) is 6.16. The summed E-state index contributed by atoms with van der Waals surface area (Å²) in [6.07, 6.45) is 0.225. The van der Waals surface area contributed by atoms with Gasteiger partial charge in [-0.15, -0.1) is 0 Å². The number of aromatic hydroxyl groups is 1. The van der Waals surface area contributed by atoms with Gasteiger partial charge in [-0.1, -0.05) is 19.9 Å². The average Bonchev–Trinajstić information content (AvgIpc) is 2.31. The number of carbonyl (C=O) groups is 1. The van der Waals surface area contributed by atoms with E-state index in [4.69, 9.17) is 0 Å². The maximum Gasteiger partial charge on any atom is 0.254 e. The molecule has 98 valence electrons. The van der Waals surface area contributed by atoms with Crippen LogP contribution in [0.1, 0.15) is 30.6 Å². The fourth-order valence-electron chi connectivity index (χ4n) is 2.34. The van der Waals surface area contributed by atoms with E-state index in [1.807, 2.05) is 13.8 Å². The van der Waals surface area contributed by atoms with Gasteiger partial charge in [-0.3, -0.25) is 4.79 Å². The quantitative estimate of drug-likeness (QED) is 0.795. The molecule has 2 N–H and O–H groups in total. The summed E-state index contributed by atoms with van der Waals surface area (Å²) in [6.45, 7) is 5.00. The Morgan fingerprint density at radius 2 is 2.17 bits per heavy atom. The molecule has 1 aromatic carbocycles. The molecule has 1 saturated heterocycles. The molecular formula is C14H19NO3. The number of carbonyl (C=O) groups excluding carboxylic acids is 1. The van der Waals surface area contributed by atoms with E-state index in [1.165, 1.54) is 6.07 Å². The van der Waals surface area contributed by atoms with E-state index in [2.05, 4.69) is 0 Å². The van der Waals surface area contributed by atoms with Gasteiger partial charge in [-0.05, 0) is 24.6 Å². The number of aliphatic hydroxyl groups is 1. The second-order valence-corrected chi connectivity index (χ2v) is 5.57. The highest BCUT2D eigenvalue weighted by atomic mass is 16.3. The molecule has 18 heavy (non-hydrogen) atoms. The molecule has 2 rings (SSSR count). The van der Waals surface area contributed by atoms with Crippen LogP contribution in [0.5, 0.6) is 5.75 Å². The van der Waals surface area contributed by atoms with Gasteiger partial charge in [0.1, 0.15) is 5.75 Å². The first-order chi connectivity index (χ1) is 8.40. The smallest absolute Gasteiger partial charge is 0.254 e. The Morgan fingerprint density at radius 1 is 1.44 bits per heavy atom. The summed E-state index contributed by atoms with van der Waals surface area (Å²) < 4.78 is 0. The van der Waals surface area contributed by atoms with Crippen LogP contribution in [-0.4, -0.2) is 40.2 Å². The first-order valence-corrected chi connectivity index (χ1v) is 6.16. The number of nitrogens with zero attached hydrogens (tertiary/aromatic N) is 1. The number of rotatable bonds is 1. The van der Waals surface area contributed by atoms with Crippen molar-refractivity contribution in [2.45, 2.75) is 26.4 Å². The zero-order valence-corrected chi connectivity index (χ0v) is 10.8. The van der Waals surface area contributed by atoms with E-state index in [0.29, 0.717) is 25.1 Å². The van der Waals surface area contributed by atoms with Gasteiger partial charge in [0.05, 0.1) is 6.10 Å². The van der Waals surface area contributed by atoms with Crippen molar-refractivity contribution in [2.24, 2.45) is 5.41 Å². The molecule has 4 nitrogen and oxygen atoms in total. The molecule has 0 aliphatic carbocycles. The third-order valence-electron chi connectivity index (χ3n) is 3.55. The van der Waals surface area contributed by atoms with Crippen LogP contribution in [-0.2, 0) is 0 Å². The second-order valence-electron chi connectivity index (χ2n) is 5.57. The number of piperidine rings is 1. The number of hydrogen-bond acceptors (Lipinski definition) is 3. The molecule has 1 aromatic rings. The standard InChI is InChI=1S/C14H19NO3/c1-14(2)9-15(7-6-12(14)17)13(18)10-4-3-5-11(16)8-10/h3-5,8,12,16-17H,6-7,9H2,1-2H3. The molecule has 0 aromatic heterocycles. The van der Waals surface area contributed by atoms with Crippen molar-refractivity contribution < 1.29 is 15.0 Å². The zero-order valence-electron chi connectivity index (χ0n) is 10.8. The Balaban J connectivity index is 2.15. The van der Waals surface area contributed by atoms with Gasteiger partial charge in [0.15, 0.2) is 0 Å². The summed E-state index contributed by atoms with van der Waals surface area (Å²) >= 11 is 0. The second kappa shape index (κ2) is 4.61. The predicted molar refractivity (Wildman–Crippen MR) is 68.4 cm³/mol. The number of phenolic OH excluding ortho intramolecular Hbond substituents is 1. The molecule has 0 spiro atoms. The van der Waals surface area contributed by atoms with Crippen molar-refractivity contribution in [2.75, 3.05) is 13.1 Å². The van der Waals surface area contributed by atoms with Crippen LogP contribution in [0.3, 0.4) is 0 Å². The van der Waals surface area contributed by atoms with Crippen molar-refractivity contribution in [3.05, 3.63) is 29.8 Å². The van der Waals surface area contributed by atoms with Crippen LogP contribution in [0.15, 0.2) is 24.3 Å². The minimum atomic E-state index is -0.370. The summed E-state index contributed by atoms with van der Waals surface area (Å²) in [7, 11) is 0. The van der Waals surface area contributed by atoms with Crippen LogP contribution in [0.25, 0.3) is 0 Å².